The number of nitrogens with one attached hydrogen (secondary N) is 2. The Kier molecular flexibility index (Phi) is 6.10. The average molecular weight is 384 g/mol. The Balaban J connectivity index is 1.79. The zero-order valence-electron chi connectivity index (χ0n) is 12.0. The van der Waals surface area contributed by atoms with Gasteiger partial charge in [0.05, 0.1) is 12.1 Å². The van der Waals surface area contributed by atoms with E-state index in [0.717, 1.165) is 15.8 Å². The predicted molar refractivity (Wildman–Crippen MR) is 93.9 cm³/mol. The molecule has 0 fully saturated rings. The zero-order chi connectivity index (χ0) is 15.9. The minimum absolute atomic E-state index is 0.0468. The van der Waals surface area contributed by atoms with Crippen LogP contribution in [-0.4, -0.2) is 19.6 Å². The van der Waals surface area contributed by atoms with Crippen molar-refractivity contribution in [2.24, 2.45) is 0 Å². The third kappa shape index (κ3) is 4.93. The van der Waals surface area contributed by atoms with E-state index in [-0.39, 0.29) is 5.91 Å². The molecule has 1 amide bonds. The summed E-state index contributed by atoms with van der Waals surface area (Å²) in [5.41, 5.74) is 1.63. The number of hydrogen-bond donors (Lipinski definition) is 2. The Morgan fingerprint density at radius 3 is 2.50 bits per heavy atom. The molecule has 0 heterocycles. The van der Waals surface area contributed by atoms with Crippen LogP contribution < -0.4 is 15.4 Å². The van der Waals surface area contributed by atoms with Gasteiger partial charge < -0.3 is 15.4 Å². The Morgan fingerprint density at radius 2 is 1.86 bits per heavy atom. The molecule has 0 saturated carbocycles. The molecule has 0 atom stereocenters. The van der Waals surface area contributed by atoms with Gasteiger partial charge in [-0.05, 0) is 42.5 Å². The van der Waals surface area contributed by atoms with Crippen LogP contribution in [0.5, 0.6) is 5.75 Å². The maximum absolute atomic E-state index is 11.8. The summed E-state index contributed by atoms with van der Waals surface area (Å²) in [7, 11) is 1.57. The summed E-state index contributed by atoms with van der Waals surface area (Å²) in [6, 6.07) is 12.9. The summed E-state index contributed by atoms with van der Waals surface area (Å²) in [5, 5.41) is 6.53. The van der Waals surface area contributed by atoms with Gasteiger partial charge in [-0.2, -0.15) is 0 Å². The van der Waals surface area contributed by atoms with Crippen LogP contribution in [0.1, 0.15) is 6.42 Å². The fourth-order valence-electron chi connectivity index (χ4n) is 1.85. The molecule has 22 heavy (non-hydrogen) atoms. The maximum Gasteiger partial charge on any atom is 0.226 e. The molecule has 6 heteroatoms. The third-order valence-electron chi connectivity index (χ3n) is 2.96. The topological polar surface area (TPSA) is 50.4 Å². The molecule has 0 spiro atoms. The van der Waals surface area contributed by atoms with E-state index < -0.39 is 0 Å². The number of carbonyl (C=O) groups excluding carboxylic acids is 1. The van der Waals surface area contributed by atoms with Crippen LogP contribution >= 0.6 is 27.5 Å². The van der Waals surface area contributed by atoms with Crippen molar-refractivity contribution in [2.45, 2.75) is 6.42 Å². The van der Waals surface area contributed by atoms with Crippen molar-refractivity contribution >= 4 is 44.8 Å². The highest BCUT2D eigenvalue weighted by molar-refractivity contribution is 9.10. The lowest BCUT2D eigenvalue weighted by atomic mass is 10.2. The Bertz CT molecular complexity index is 647. The minimum atomic E-state index is -0.0468. The molecule has 0 aliphatic rings. The van der Waals surface area contributed by atoms with Gasteiger partial charge in [-0.3, -0.25) is 4.79 Å². The molecule has 0 aromatic heterocycles. The van der Waals surface area contributed by atoms with Crippen molar-refractivity contribution in [1.29, 1.82) is 0 Å². The monoisotopic (exact) mass is 382 g/mol. The molecule has 0 unspecified atom stereocenters. The summed E-state index contributed by atoms with van der Waals surface area (Å²) in [4.78, 5) is 11.8. The van der Waals surface area contributed by atoms with Crippen molar-refractivity contribution < 1.29 is 9.53 Å². The second-order valence-electron chi connectivity index (χ2n) is 4.58. The first-order valence-electron chi connectivity index (χ1n) is 6.71. The quantitative estimate of drug-likeness (QED) is 0.769. The van der Waals surface area contributed by atoms with Crippen LogP contribution in [-0.2, 0) is 4.79 Å². The number of amides is 1. The van der Waals surface area contributed by atoms with Gasteiger partial charge in [-0.15, -0.1) is 0 Å². The number of methoxy groups -OCH3 is 1. The van der Waals surface area contributed by atoms with Gasteiger partial charge in [0, 0.05) is 28.8 Å². The lowest BCUT2D eigenvalue weighted by molar-refractivity contribution is -0.115. The standard InChI is InChI=1S/C16H16BrClN2O2/c1-22-15-7-6-13(10-14(15)18)19-9-8-16(21)20-12-4-2-11(17)3-5-12/h2-7,10,19H,8-9H2,1H3,(H,20,21). The molecule has 116 valence electrons. The van der Waals surface area contributed by atoms with Crippen LogP contribution in [0.4, 0.5) is 11.4 Å². The predicted octanol–water partition coefficient (Wildman–Crippen LogP) is 4.55. The lowest BCUT2D eigenvalue weighted by Crippen LogP contribution is -2.16. The molecule has 2 rings (SSSR count). The normalized spacial score (nSPS) is 10.1. The number of benzene rings is 2. The largest absolute Gasteiger partial charge is 0.495 e. The van der Waals surface area contributed by atoms with E-state index in [4.69, 9.17) is 16.3 Å². The van der Waals surface area contributed by atoms with E-state index in [0.29, 0.717) is 23.7 Å². The van der Waals surface area contributed by atoms with Gasteiger partial charge in [0.2, 0.25) is 5.91 Å². The van der Waals surface area contributed by atoms with Crippen LogP contribution in [0.2, 0.25) is 5.02 Å². The molecule has 0 aliphatic heterocycles. The Hall–Kier alpha value is -1.72. The van der Waals surface area contributed by atoms with Crippen LogP contribution in [0.3, 0.4) is 0 Å². The van der Waals surface area contributed by atoms with E-state index in [2.05, 4.69) is 26.6 Å². The first-order valence-corrected chi connectivity index (χ1v) is 7.88. The molecule has 2 aromatic carbocycles. The summed E-state index contributed by atoms with van der Waals surface area (Å²) < 4.78 is 6.07. The van der Waals surface area contributed by atoms with Crippen molar-refractivity contribution in [3.63, 3.8) is 0 Å². The summed E-state index contributed by atoms with van der Waals surface area (Å²) in [6.07, 6.45) is 0.361. The van der Waals surface area contributed by atoms with Crippen molar-refractivity contribution in [3.05, 3.63) is 52.0 Å². The number of anilines is 2. The molecule has 0 bridgehead atoms. The molecule has 4 nitrogen and oxygen atoms in total. The minimum Gasteiger partial charge on any atom is -0.495 e. The van der Waals surface area contributed by atoms with E-state index in [1.54, 1.807) is 19.2 Å². The maximum atomic E-state index is 11.8. The van der Waals surface area contributed by atoms with Crippen LogP contribution in [0.25, 0.3) is 0 Å². The Morgan fingerprint density at radius 1 is 1.18 bits per heavy atom. The summed E-state index contributed by atoms with van der Waals surface area (Å²) in [6.45, 7) is 0.519. The second kappa shape index (κ2) is 8.06. The van der Waals surface area contributed by atoms with Gasteiger partial charge in [-0.25, -0.2) is 0 Å². The SMILES string of the molecule is COc1ccc(NCCC(=O)Nc2ccc(Br)cc2)cc1Cl. The third-order valence-corrected chi connectivity index (χ3v) is 3.78. The van der Waals surface area contributed by atoms with Gasteiger partial charge in [0.1, 0.15) is 5.75 Å². The van der Waals surface area contributed by atoms with Crippen LogP contribution in [0, 0.1) is 0 Å². The van der Waals surface area contributed by atoms with Crippen LogP contribution in [0.15, 0.2) is 46.9 Å². The van der Waals surface area contributed by atoms with Crippen molar-refractivity contribution in [2.75, 3.05) is 24.3 Å². The number of rotatable bonds is 6. The number of ether oxygens (including phenoxy) is 1. The highest BCUT2D eigenvalue weighted by atomic mass is 79.9. The van der Waals surface area contributed by atoms with Gasteiger partial charge in [-0.1, -0.05) is 27.5 Å². The van der Waals surface area contributed by atoms with Crippen molar-refractivity contribution in [3.8, 4) is 5.75 Å². The molecule has 0 aliphatic carbocycles. The number of carbonyl (C=O) groups is 1. The Labute approximate surface area is 142 Å². The molecular weight excluding hydrogens is 368 g/mol. The van der Waals surface area contributed by atoms with E-state index in [9.17, 15) is 4.79 Å². The zero-order valence-corrected chi connectivity index (χ0v) is 14.4. The highest BCUT2D eigenvalue weighted by Gasteiger charge is 2.04. The fraction of sp³-hybridized carbons (Fsp3) is 0.188. The van der Waals surface area contributed by atoms with Gasteiger partial charge in [0.25, 0.3) is 0 Å². The smallest absolute Gasteiger partial charge is 0.226 e. The fourth-order valence-corrected chi connectivity index (χ4v) is 2.38. The van der Waals surface area contributed by atoms with Crippen molar-refractivity contribution in [1.82, 2.24) is 0 Å². The molecular formula is C16H16BrClN2O2. The first kappa shape index (κ1) is 16.6. The van der Waals surface area contributed by atoms with E-state index >= 15 is 0 Å². The molecule has 0 saturated heterocycles. The molecule has 0 radical (unpaired) electrons. The number of halogens is 2. The first-order chi connectivity index (χ1) is 10.6. The number of hydrogen-bond acceptors (Lipinski definition) is 3. The van der Waals surface area contributed by atoms with Gasteiger partial charge in [0.15, 0.2) is 0 Å². The summed E-state index contributed by atoms with van der Waals surface area (Å²) >= 11 is 9.40. The second-order valence-corrected chi connectivity index (χ2v) is 5.90. The average Bonchev–Trinajstić information content (AvgIpc) is 2.50. The van der Waals surface area contributed by atoms with E-state index in [1.807, 2.05) is 30.3 Å². The summed E-state index contributed by atoms with van der Waals surface area (Å²) in [5.74, 6) is 0.578. The molecule has 2 N–H and O–H groups in total. The lowest BCUT2D eigenvalue weighted by Gasteiger charge is -2.09. The van der Waals surface area contributed by atoms with Gasteiger partial charge >= 0.3 is 0 Å². The van der Waals surface area contributed by atoms with E-state index in [1.165, 1.54) is 0 Å². The molecule has 2 aromatic rings. The highest BCUT2D eigenvalue weighted by Crippen LogP contribution is 2.27.